The van der Waals surface area contributed by atoms with Gasteiger partial charge < -0.3 is 9.80 Å². The lowest BCUT2D eigenvalue weighted by Gasteiger charge is -2.26. The molecule has 4 nitrogen and oxygen atoms in total. The first kappa shape index (κ1) is 13.9. The number of hydrogen-bond acceptors (Lipinski definition) is 2. The first-order valence-electron chi connectivity index (χ1n) is 6.29. The molecule has 0 N–H and O–H groups in total. The van der Waals surface area contributed by atoms with E-state index in [4.69, 9.17) is 11.6 Å². The van der Waals surface area contributed by atoms with Crippen molar-refractivity contribution < 1.29 is 9.59 Å². The van der Waals surface area contributed by atoms with Crippen LogP contribution in [0.5, 0.6) is 0 Å². The number of rotatable bonds is 2. The molecule has 1 heterocycles. The highest BCUT2D eigenvalue weighted by Crippen LogP contribution is 2.24. The van der Waals surface area contributed by atoms with E-state index in [0.29, 0.717) is 23.6 Å². The molecule has 1 aromatic rings. The van der Waals surface area contributed by atoms with Crippen molar-refractivity contribution in [2.24, 2.45) is 0 Å². The van der Waals surface area contributed by atoms with E-state index in [1.807, 2.05) is 0 Å². The topological polar surface area (TPSA) is 40.6 Å². The van der Waals surface area contributed by atoms with Gasteiger partial charge in [-0.05, 0) is 25.0 Å². The van der Waals surface area contributed by atoms with Gasteiger partial charge in [0.15, 0.2) is 0 Å². The average molecular weight is 281 g/mol. The van der Waals surface area contributed by atoms with Crippen LogP contribution in [0.15, 0.2) is 24.3 Å². The predicted molar refractivity (Wildman–Crippen MR) is 74.2 cm³/mol. The summed E-state index contributed by atoms with van der Waals surface area (Å²) >= 11 is 6.04. The molecule has 0 aliphatic carbocycles. The van der Waals surface area contributed by atoms with Crippen LogP contribution in [-0.2, 0) is 4.79 Å². The monoisotopic (exact) mass is 280 g/mol. The van der Waals surface area contributed by atoms with Gasteiger partial charge in [0.2, 0.25) is 5.91 Å². The number of carbonyl (C=O) groups excluding carboxylic acids is 2. The molecule has 2 rings (SSSR count). The van der Waals surface area contributed by atoms with Gasteiger partial charge >= 0.3 is 0 Å². The number of amides is 2. The Labute approximate surface area is 117 Å². The molecule has 1 aliphatic rings. The Morgan fingerprint density at radius 2 is 2.00 bits per heavy atom. The number of carbonyl (C=O) groups is 2. The van der Waals surface area contributed by atoms with Crippen LogP contribution in [0, 0.1) is 0 Å². The largest absolute Gasteiger partial charge is 0.347 e. The quantitative estimate of drug-likeness (QED) is 0.832. The maximum absolute atomic E-state index is 12.5. The third-order valence-electron chi connectivity index (χ3n) is 3.34. The molecular weight excluding hydrogens is 264 g/mol. The van der Waals surface area contributed by atoms with E-state index in [9.17, 15) is 9.59 Å². The molecule has 1 atom stereocenters. The van der Waals surface area contributed by atoms with Crippen molar-refractivity contribution in [1.82, 2.24) is 9.80 Å². The SMILES string of the molecule is CN(C)C(=O)C1CCCN1C(=O)c1ccccc1Cl. The fraction of sp³-hybridized carbons (Fsp3) is 0.429. The molecule has 1 fully saturated rings. The molecule has 1 saturated heterocycles. The summed E-state index contributed by atoms with van der Waals surface area (Å²) in [6.07, 6.45) is 1.56. The van der Waals surface area contributed by atoms with Gasteiger partial charge in [-0.15, -0.1) is 0 Å². The van der Waals surface area contributed by atoms with Crippen molar-refractivity contribution in [2.75, 3.05) is 20.6 Å². The maximum Gasteiger partial charge on any atom is 0.256 e. The van der Waals surface area contributed by atoms with Crippen LogP contribution in [-0.4, -0.2) is 48.3 Å². The maximum atomic E-state index is 12.5. The molecule has 1 unspecified atom stereocenters. The molecule has 2 amide bonds. The van der Waals surface area contributed by atoms with Crippen LogP contribution < -0.4 is 0 Å². The van der Waals surface area contributed by atoms with Gasteiger partial charge in [-0.2, -0.15) is 0 Å². The summed E-state index contributed by atoms with van der Waals surface area (Å²) in [5.41, 5.74) is 0.461. The van der Waals surface area contributed by atoms with Crippen molar-refractivity contribution in [3.8, 4) is 0 Å². The second-order valence-electron chi connectivity index (χ2n) is 4.87. The summed E-state index contributed by atoms with van der Waals surface area (Å²) < 4.78 is 0. The summed E-state index contributed by atoms with van der Waals surface area (Å²) in [5, 5.41) is 0.426. The van der Waals surface area contributed by atoms with Crippen LogP contribution in [0.1, 0.15) is 23.2 Å². The van der Waals surface area contributed by atoms with Gasteiger partial charge in [0.1, 0.15) is 6.04 Å². The number of nitrogens with zero attached hydrogens (tertiary/aromatic N) is 2. The highest BCUT2D eigenvalue weighted by molar-refractivity contribution is 6.33. The number of likely N-dealkylation sites (N-methyl/N-ethyl adjacent to an activating group) is 1. The molecule has 0 radical (unpaired) electrons. The lowest BCUT2D eigenvalue weighted by Crippen LogP contribution is -2.45. The third kappa shape index (κ3) is 2.73. The van der Waals surface area contributed by atoms with E-state index in [-0.39, 0.29) is 17.9 Å². The Kier molecular flexibility index (Phi) is 4.10. The normalized spacial score (nSPS) is 18.5. The summed E-state index contributed by atoms with van der Waals surface area (Å²) in [4.78, 5) is 27.7. The Balaban J connectivity index is 2.24. The van der Waals surface area contributed by atoms with E-state index in [2.05, 4.69) is 0 Å². The number of halogens is 1. The standard InChI is InChI=1S/C14H17ClN2O2/c1-16(2)14(19)12-8-5-9-17(12)13(18)10-6-3-4-7-11(10)15/h3-4,6-7,12H,5,8-9H2,1-2H3. The van der Waals surface area contributed by atoms with Crippen molar-refractivity contribution in [2.45, 2.75) is 18.9 Å². The third-order valence-corrected chi connectivity index (χ3v) is 3.67. The lowest BCUT2D eigenvalue weighted by atomic mass is 10.1. The van der Waals surface area contributed by atoms with E-state index >= 15 is 0 Å². The van der Waals surface area contributed by atoms with Gasteiger partial charge in [0, 0.05) is 20.6 Å². The van der Waals surface area contributed by atoms with Gasteiger partial charge in [-0.3, -0.25) is 9.59 Å². The molecule has 0 aromatic heterocycles. The van der Waals surface area contributed by atoms with E-state index in [1.165, 1.54) is 4.90 Å². The van der Waals surface area contributed by atoms with Gasteiger partial charge in [0.05, 0.1) is 10.6 Å². The van der Waals surface area contributed by atoms with Crippen LogP contribution in [0.2, 0.25) is 5.02 Å². The zero-order valence-corrected chi connectivity index (χ0v) is 11.9. The molecule has 0 bridgehead atoms. The molecule has 19 heavy (non-hydrogen) atoms. The van der Waals surface area contributed by atoms with Crippen LogP contribution in [0.3, 0.4) is 0 Å². The van der Waals surface area contributed by atoms with Gasteiger partial charge in [-0.25, -0.2) is 0 Å². The van der Waals surface area contributed by atoms with Crippen molar-refractivity contribution in [3.63, 3.8) is 0 Å². The molecule has 102 valence electrons. The Morgan fingerprint density at radius 1 is 1.32 bits per heavy atom. The van der Waals surface area contributed by atoms with Crippen LogP contribution in [0.25, 0.3) is 0 Å². The van der Waals surface area contributed by atoms with E-state index in [1.54, 1.807) is 43.3 Å². The number of hydrogen-bond donors (Lipinski definition) is 0. The first-order valence-corrected chi connectivity index (χ1v) is 6.67. The molecule has 0 saturated carbocycles. The zero-order chi connectivity index (χ0) is 14.0. The lowest BCUT2D eigenvalue weighted by molar-refractivity contribution is -0.132. The molecular formula is C14H17ClN2O2. The Bertz CT molecular complexity index is 502. The Morgan fingerprint density at radius 3 is 2.63 bits per heavy atom. The smallest absolute Gasteiger partial charge is 0.256 e. The van der Waals surface area contributed by atoms with Gasteiger partial charge in [0.25, 0.3) is 5.91 Å². The second-order valence-corrected chi connectivity index (χ2v) is 5.28. The zero-order valence-electron chi connectivity index (χ0n) is 11.1. The average Bonchev–Trinajstić information content (AvgIpc) is 2.86. The number of likely N-dealkylation sites (tertiary alicyclic amines) is 1. The van der Waals surface area contributed by atoms with Crippen LogP contribution >= 0.6 is 11.6 Å². The summed E-state index contributed by atoms with van der Waals surface area (Å²) in [5.74, 6) is -0.193. The fourth-order valence-electron chi connectivity index (χ4n) is 2.35. The Hall–Kier alpha value is -1.55. The van der Waals surface area contributed by atoms with Crippen molar-refractivity contribution in [3.05, 3.63) is 34.9 Å². The summed E-state index contributed by atoms with van der Waals surface area (Å²) in [6, 6.07) is 6.58. The van der Waals surface area contributed by atoms with Crippen molar-refractivity contribution in [1.29, 1.82) is 0 Å². The van der Waals surface area contributed by atoms with Crippen LogP contribution in [0.4, 0.5) is 0 Å². The molecule has 0 spiro atoms. The highest BCUT2D eigenvalue weighted by Gasteiger charge is 2.35. The minimum absolute atomic E-state index is 0.0297. The minimum atomic E-state index is -0.362. The first-order chi connectivity index (χ1) is 9.02. The fourth-order valence-corrected chi connectivity index (χ4v) is 2.57. The van der Waals surface area contributed by atoms with Crippen molar-refractivity contribution >= 4 is 23.4 Å². The molecule has 5 heteroatoms. The number of benzene rings is 1. The minimum Gasteiger partial charge on any atom is -0.347 e. The molecule has 1 aromatic carbocycles. The van der Waals surface area contributed by atoms with E-state index < -0.39 is 0 Å². The highest BCUT2D eigenvalue weighted by atomic mass is 35.5. The molecule has 1 aliphatic heterocycles. The van der Waals surface area contributed by atoms with Gasteiger partial charge in [-0.1, -0.05) is 23.7 Å². The second kappa shape index (κ2) is 5.61. The van der Waals surface area contributed by atoms with E-state index in [0.717, 1.165) is 6.42 Å². The summed E-state index contributed by atoms with van der Waals surface area (Å²) in [6.45, 7) is 0.605. The summed E-state index contributed by atoms with van der Waals surface area (Å²) in [7, 11) is 3.41. The predicted octanol–water partition coefficient (Wildman–Crippen LogP) is 2.03.